The van der Waals surface area contributed by atoms with Gasteiger partial charge in [-0.25, -0.2) is 4.39 Å². The number of hydrogen-bond donors (Lipinski definition) is 0. The second kappa shape index (κ2) is 7.96. The minimum atomic E-state index is -0.169. The topological polar surface area (TPSA) is 20.3 Å². The third-order valence-corrected chi connectivity index (χ3v) is 4.16. The summed E-state index contributed by atoms with van der Waals surface area (Å²) in [5, 5.41) is 0. The van der Waals surface area contributed by atoms with E-state index in [0.717, 1.165) is 44.3 Å². The first kappa shape index (κ1) is 15.7. The van der Waals surface area contributed by atoms with Crippen LogP contribution in [0.4, 0.5) is 4.39 Å². The number of carbonyl (C=O) groups excluding carboxylic acids is 1. The number of aryl methyl sites for hydroxylation is 1. The molecule has 0 spiro atoms. The van der Waals surface area contributed by atoms with Gasteiger partial charge in [0.1, 0.15) is 5.82 Å². The van der Waals surface area contributed by atoms with Crippen LogP contribution in [0.15, 0.2) is 36.9 Å². The predicted molar refractivity (Wildman–Crippen MR) is 83.5 cm³/mol. The summed E-state index contributed by atoms with van der Waals surface area (Å²) < 4.78 is 13.2. The number of nitrogens with zero attached hydrogens (tertiary/aromatic N) is 1. The largest absolute Gasteiger partial charge is 0.342 e. The van der Waals surface area contributed by atoms with Crippen LogP contribution in [0, 0.1) is 11.7 Å². The number of hydrogen-bond acceptors (Lipinski definition) is 1. The van der Waals surface area contributed by atoms with Gasteiger partial charge in [-0.3, -0.25) is 4.79 Å². The highest BCUT2D eigenvalue weighted by Gasteiger charge is 2.22. The fraction of sp³-hybridized carbons (Fsp3) is 0.500. The minimum absolute atomic E-state index is 0.169. The van der Waals surface area contributed by atoms with E-state index in [-0.39, 0.29) is 11.7 Å². The number of amides is 1. The van der Waals surface area contributed by atoms with Gasteiger partial charge in [-0.05, 0) is 55.7 Å². The van der Waals surface area contributed by atoms with Gasteiger partial charge in [-0.15, -0.1) is 6.58 Å². The lowest BCUT2D eigenvalue weighted by Crippen LogP contribution is -2.39. The molecule has 0 saturated carbocycles. The van der Waals surface area contributed by atoms with Crippen molar-refractivity contribution in [3.63, 3.8) is 0 Å². The Kier molecular flexibility index (Phi) is 5.97. The first-order valence-electron chi connectivity index (χ1n) is 7.82. The highest BCUT2D eigenvalue weighted by molar-refractivity contribution is 5.76. The van der Waals surface area contributed by atoms with Crippen molar-refractivity contribution >= 4 is 5.91 Å². The van der Waals surface area contributed by atoms with Gasteiger partial charge in [0, 0.05) is 19.5 Å². The third kappa shape index (κ3) is 5.00. The second-order valence-electron chi connectivity index (χ2n) is 5.84. The van der Waals surface area contributed by atoms with Crippen LogP contribution in [0.5, 0.6) is 0 Å². The average molecular weight is 289 g/mol. The fourth-order valence-electron chi connectivity index (χ4n) is 2.97. The Hall–Kier alpha value is -1.64. The summed E-state index contributed by atoms with van der Waals surface area (Å²) in [7, 11) is 0. The molecule has 1 aromatic rings. The van der Waals surface area contributed by atoms with Crippen molar-refractivity contribution in [2.75, 3.05) is 13.1 Å². The van der Waals surface area contributed by atoms with E-state index in [4.69, 9.17) is 0 Å². The lowest BCUT2D eigenvalue weighted by atomic mass is 9.91. The zero-order valence-corrected chi connectivity index (χ0v) is 12.6. The Morgan fingerprint density at radius 2 is 2.33 bits per heavy atom. The van der Waals surface area contributed by atoms with Gasteiger partial charge in [0.05, 0.1) is 0 Å². The summed E-state index contributed by atoms with van der Waals surface area (Å²) in [6, 6.07) is 6.81. The highest BCUT2D eigenvalue weighted by Crippen LogP contribution is 2.22. The SMILES string of the molecule is C=CCCC(=O)N1CCC[C@@H](CCc2cccc(F)c2)C1. The van der Waals surface area contributed by atoms with Crippen LogP contribution in [-0.4, -0.2) is 23.9 Å². The summed E-state index contributed by atoms with van der Waals surface area (Å²) in [5.41, 5.74) is 1.05. The molecule has 114 valence electrons. The molecule has 1 saturated heterocycles. The highest BCUT2D eigenvalue weighted by atomic mass is 19.1. The van der Waals surface area contributed by atoms with Gasteiger partial charge in [-0.1, -0.05) is 18.2 Å². The summed E-state index contributed by atoms with van der Waals surface area (Å²) in [5.74, 6) is 0.609. The molecule has 1 aromatic carbocycles. The molecule has 1 aliphatic heterocycles. The van der Waals surface area contributed by atoms with Gasteiger partial charge in [0.15, 0.2) is 0 Å². The van der Waals surface area contributed by atoms with Crippen molar-refractivity contribution in [2.45, 2.75) is 38.5 Å². The molecule has 1 amide bonds. The number of piperidine rings is 1. The molecule has 0 aromatic heterocycles. The van der Waals surface area contributed by atoms with Crippen molar-refractivity contribution in [1.29, 1.82) is 0 Å². The Balaban J connectivity index is 1.81. The molecular formula is C18H24FNO. The van der Waals surface area contributed by atoms with Gasteiger partial charge >= 0.3 is 0 Å². The molecular weight excluding hydrogens is 265 g/mol. The molecule has 0 aliphatic carbocycles. The molecule has 1 aliphatic rings. The number of allylic oxidation sites excluding steroid dienone is 1. The first-order valence-corrected chi connectivity index (χ1v) is 7.82. The van der Waals surface area contributed by atoms with Crippen LogP contribution < -0.4 is 0 Å². The summed E-state index contributed by atoms with van der Waals surface area (Å²) in [6.45, 7) is 5.40. The third-order valence-electron chi connectivity index (χ3n) is 4.16. The van der Waals surface area contributed by atoms with Crippen molar-refractivity contribution in [1.82, 2.24) is 4.90 Å². The van der Waals surface area contributed by atoms with Crippen molar-refractivity contribution < 1.29 is 9.18 Å². The van der Waals surface area contributed by atoms with Gasteiger partial charge in [-0.2, -0.15) is 0 Å². The fourth-order valence-corrected chi connectivity index (χ4v) is 2.97. The van der Waals surface area contributed by atoms with E-state index in [1.165, 1.54) is 12.5 Å². The summed E-state index contributed by atoms with van der Waals surface area (Å²) in [4.78, 5) is 14.0. The number of halogens is 1. The van der Waals surface area contributed by atoms with Crippen molar-refractivity contribution in [3.05, 3.63) is 48.3 Å². The Morgan fingerprint density at radius 3 is 3.10 bits per heavy atom. The van der Waals surface area contributed by atoms with E-state index in [9.17, 15) is 9.18 Å². The molecule has 0 bridgehead atoms. The minimum Gasteiger partial charge on any atom is -0.342 e. The van der Waals surface area contributed by atoms with Gasteiger partial charge < -0.3 is 4.90 Å². The normalized spacial score (nSPS) is 18.5. The molecule has 1 heterocycles. The molecule has 2 nitrogen and oxygen atoms in total. The van der Waals surface area contributed by atoms with Crippen LogP contribution >= 0.6 is 0 Å². The van der Waals surface area contributed by atoms with E-state index < -0.39 is 0 Å². The first-order chi connectivity index (χ1) is 10.2. The summed E-state index contributed by atoms with van der Waals surface area (Å²) in [6.07, 6.45) is 7.27. The lowest BCUT2D eigenvalue weighted by molar-refractivity contribution is -0.132. The van der Waals surface area contributed by atoms with Gasteiger partial charge in [0.2, 0.25) is 5.91 Å². The maximum Gasteiger partial charge on any atom is 0.222 e. The average Bonchev–Trinajstić information content (AvgIpc) is 2.51. The van der Waals surface area contributed by atoms with Gasteiger partial charge in [0.25, 0.3) is 0 Å². The van der Waals surface area contributed by atoms with E-state index in [1.54, 1.807) is 18.2 Å². The van der Waals surface area contributed by atoms with Crippen LogP contribution in [-0.2, 0) is 11.2 Å². The zero-order chi connectivity index (χ0) is 15.1. The standard InChI is InChI=1S/C18H24FNO/c1-2-3-9-18(21)20-12-5-7-16(14-20)11-10-15-6-4-8-17(19)13-15/h2,4,6,8,13,16H,1,3,5,7,9-12,14H2/t16-/m0/s1. The van der Waals surface area contributed by atoms with E-state index >= 15 is 0 Å². The monoisotopic (exact) mass is 289 g/mol. The number of benzene rings is 1. The Labute approximate surface area is 126 Å². The van der Waals surface area contributed by atoms with Crippen LogP contribution in [0.2, 0.25) is 0 Å². The molecule has 21 heavy (non-hydrogen) atoms. The maximum absolute atomic E-state index is 13.2. The predicted octanol–water partition coefficient (Wildman–Crippen LogP) is 3.96. The molecule has 3 heteroatoms. The molecule has 0 unspecified atom stereocenters. The quantitative estimate of drug-likeness (QED) is 0.726. The van der Waals surface area contributed by atoms with Crippen molar-refractivity contribution in [2.24, 2.45) is 5.92 Å². The second-order valence-corrected chi connectivity index (χ2v) is 5.84. The number of carbonyl (C=O) groups is 1. The Bertz CT molecular complexity index is 486. The smallest absolute Gasteiger partial charge is 0.222 e. The Morgan fingerprint density at radius 1 is 1.48 bits per heavy atom. The molecule has 0 N–H and O–H groups in total. The van der Waals surface area contributed by atoms with E-state index in [2.05, 4.69) is 6.58 Å². The van der Waals surface area contributed by atoms with Crippen LogP contribution in [0.3, 0.4) is 0 Å². The molecule has 1 atom stereocenters. The zero-order valence-electron chi connectivity index (χ0n) is 12.6. The van der Waals surface area contributed by atoms with Crippen LogP contribution in [0.25, 0.3) is 0 Å². The summed E-state index contributed by atoms with van der Waals surface area (Å²) >= 11 is 0. The van der Waals surface area contributed by atoms with E-state index in [1.807, 2.05) is 11.0 Å². The molecule has 1 fully saturated rings. The lowest BCUT2D eigenvalue weighted by Gasteiger charge is -2.33. The van der Waals surface area contributed by atoms with Crippen LogP contribution in [0.1, 0.15) is 37.7 Å². The molecule has 2 rings (SSSR count). The maximum atomic E-state index is 13.2. The number of likely N-dealkylation sites (tertiary alicyclic amines) is 1. The molecule has 0 radical (unpaired) electrons. The van der Waals surface area contributed by atoms with E-state index in [0.29, 0.717) is 12.3 Å². The number of rotatable bonds is 6. The van der Waals surface area contributed by atoms with Crippen molar-refractivity contribution in [3.8, 4) is 0 Å².